The van der Waals surface area contributed by atoms with Crippen LogP contribution in [0.15, 0.2) is 200 Å². The molecule has 55 heavy (non-hydrogen) atoms. The maximum absolute atomic E-state index is 2.38. The molecule has 0 unspecified atom stereocenters. The van der Waals surface area contributed by atoms with Crippen molar-refractivity contribution in [3.8, 4) is 33.6 Å². The molecule has 0 aliphatic rings. The van der Waals surface area contributed by atoms with Crippen molar-refractivity contribution in [2.24, 2.45) is 0 Å². The van der Waals surface area contributed by atoms with E-state index in [1.54, 1.807) is 0 Å². The first kappa shape index (κ1) is 32.5. The van der Waals surface area contributed by atoms with Gasteiger partial charge in [0.15, 0.2) is 0 Å². The lowest BCUT2D eigenvalue weighted by Gasteiger charge is -2.26. The minimum atomic E-state index is 1.11. The van der Waals surface area contributed by atoms with E-state index in [0.717, 1.165) is 17.1 Å². The third-order valence-corrected chi connectivity index (χ3v) is 11.2. The zero-order valence-corrected chi connectivity index (χ0v) is 30.9. The molecule has 0 amide bonds. The Kier molecular flexibility index (Phi) is 7.92. The molecular formula is C52H39N3. The van der Waals surface area contributed by atoms with Gasteiger partial charge in [0.1, 0.15) is 0 Å². The normalized spacial score (nSPS) is 11.5. The number of benzene rings is 8. The second kappa shape index (κ2) is 13.4. The molecular weight excluding hydrogens is 667 g/mol. The predicted molar refractivity (Wildman–Crippen MR) is 233 cm³/mol. The van der Waals surface area contributed by atoms with Crippen molar-refractivity contribution in [2.75, 3.05) is 4.90 Å². The Morgan fingerprint density at radius 3 is 1.44 bits per heavy atom. The fourth-order valence-corrected chi connectivity index (χ4v) is 8.30. The van der Waals surface area contributed by atoms with Crippen molar-refractivity contribution < 1.29 is 0 Å². The first-order valence-electron chi connectivity index (χ1n) is 18.9. The van der Waals surface area contributed by atoms with E-state index in [1.165, 1.54) is 77.6 Å². The highest BCUT2D eigenvalue weighted by atomic mass is 15.1. The molecule has 0 aliphatic heterocycles. The molecule has 2 aromatic heterocycles. The van der Waals surface area contributed by atoms with Crippen LogP contribution in [0.5, 0.6) is 0 Å². The highest BCUT2D eigenvalue weighted by Gasteiger charge is 2.19. The molecule has 0 saturated carbocycles. The minimum absolute atomic E-state index is 1.11. The molecule has 3 nitrogen and oxygen atoms in total. The summed E-state index contributed by atoms with van der Waals surface area (Å²) in [5.41, 5.74) is 16.7. The average Bonchev–Trinajstić information content (AvgIpc) is 3.72. The molecule has 0 saturated heterocycles. The standard InChI is InChI=1S/C52H39N3/c1-36-37(2)53(42-16-8-4-9-17-42)51-33-31-46(35-48(36)51)54(44-27-22-39(23-28-44)38-14-6-3-7-15-38)45-29-24-40(25-30-45)41-26-32-52-49(34-41)47-20-12-13-21-50(47)55(52)43-18-10-5-11-19-43/h3-35H,1-2H3. The number of para-hydroxylation sites is 3. The molecule has 262 valence electrons. The van der Waals surface area contributed by atoms with Crippen LogP contribution >= 0.6 is 0 Å². The summed E-state index contributed by atoms with van der Waals surface area (Å²) in [6.45, 7) is 4.46. The highest BCUT2D eigenvalue weighted by Crippen LogP contribution is 2.41. The number of anilines is 3. The Morgan fingerprint density at radius 2 is 0.782 bits per heavy atom. The van der Waals surface area contributed by atoms with Crippen LogP contribution in [0.2, 0.25) is 0 Å². The van der Waals surface area contributed by atoms with Crippen LogP contribution in [0.25, 0.3) is 66.3 Å². The molecule has 10 rings (SSSR count). The first-order valence-corrected chi connectivity index (χ1v) is 18.9. The van der Waals surface area contributed by atoms with E-state index in [2.05, 4.69) is 228 Å². The maximum atomic E-state index is 2.38. The monoisotopic (exact) mass is 705 g/mol. The van der Waals surface area contributed by atoms with Crippen molar-refractivity contribution in [3.05, 3.63) is 211 Å². The predicted octanol–water partition coefficient (Wildman–Crippen LogP) is 14.1. The van der Waals surface area contributed by atoms with E-state index in [9.17, 15) is 0 Å². The van der Waals surface area contributed by atoms with Gasteiger partial charge in [0, 0.05) is 50.3 Å². The van der Waals surface area contributed by atoms with Crippen LogP contribution in [0.4, 0.5) is 17.1 Å². The summed E-state index contributed by atoms with van der Waals surface area (Å²) >= 11 is 0. The van der Waals surface area contributed by atoms with Crippen molar-refractivity contribution in [3.63, 3.8) is 0 Å². The van der Waals surface area contributed by atoms with Crippen LogP contribution in [0, 0.1) is 13.8 Å². The number of rotatable bonds is 7. The topological polar surface area (TPSA) is 13.1 Å². The van der Waals surface area contributed by atoms with Gasteiger partial charge < -0.3 is 14.0 Å². The van der Waals surface area contributed by atoms with Gasteiger partial charge in [0.2, 0.25) is 0 Å². The summed E-state index contributed by atoms with van der Waals surface area (Å²) in [4.78, 5) is 2.38. The zero-order valence-electron chi connectivity index (χ0n) is 30.9. The summed E-state index contributed by atoms with van der Waals surface area (Å²) in [7, 11) is 0. The van der Waals surface area contributed by atoms with Gasteiger partial charge in [-0.25, -0.2) is 0 Å². The Balaban J connectivity index is 1.08. The average molecular weight is 706 g/mol. The van der Waals surface area contributed by atoms with E-state index >= 15 is 0 Å². The molecule has 10 aromatic rings. The smallest absolute Gasteiger partial charge is 0.0541 e. The fraction of sp³-hybridized carbons (Fsp3) is 0.0385. The van der Waals surface area contributed by atoms with Crippen molar-refractivity contribution in [1.29, 1.82) is 0 Å². The van der Waals surface area contributed by atoms with Gasteiger partial charge in [-0.1, -0.05) is 115 Å². The molecule has 0 atom stereocenters. The molecule has 0 spiro atoms. The number of hydrogen-bond acceptors (Lipinski definition) is 1. The molecule has 3 heteroatoms. The second-order valence-electron chi connectivity index (χ2n) is 14.3. The molecule has 8 aromatic carbocycles. The van der Waals surface area contributed by atoms with Gasteiger partial charge in [-0.2, -0.15) is 0 Å². The maximum Gasteiger partial charge on any atom is 0.0541 e. The van der Waals surface area contributed by atoms with Gasteiger partial charge in [0.25, 0.3) is 0 Å². The molecule has 0 radical (unpaired) electrons. The summed E-state index contributed by atoms with van der Waals surface area (Å²) in [5.74, 6) is 0. The van der Waals surface area contributed by atoms with Crippen molar-refractivity contribution >= 4 is 49.8 Å². The van der Waals surface area contributed by atoms with Gasteiger partial charge in [-0.15, -0.1) is 0 Å². The minimum Gasteiger partial charge on any atom is -0.314 e. The number of aromatic nitrogens is 2. The number of nitrogens with zero attached hydrogens (tertiary/aromatic N) is 3. The Labute approximate surface area is 321 Å². The third kappa shape index (κ3) is 5.60. The van der Waals surface area contributed by atoms with E-state index < -0.39 is 0 Å². The van der Waals surface area contributed by atoms with E-state index in [-0.39, 0.29) is 0 Å². The molecule has 0 N–H and O–H groups in total. The third-order valence-electron chi connectivity index (χ3n) is 11.2. The molecule has 0 bridgehead atoms. The largest absolute Gasteiger partial charge is 0.314 e. The van der Waals surface area contributed by atoms with Gasteiger partial charge in [0.05, 0.1) is 16.6 Å². The van der Waals surface area contributed by atoms with Crippen LogP contribution < -0.4 is 4.90 Å². The lowest BCUT2D eigenvalue weighted by Crippen LogP contribution is -2.10. The Bertz CT molecular complexity index is 2960. The Morgan fingerprint density at radius 1 is 0.327 bits per heavy atom. The van der Waals surface area contributed by atoms with Crippen LogP contribution in [-0.2, 0) is 0 Å². The van der Waals surface area contributed by atoms with Crippen molar-refractivity contribution in [2.45, 2.75) is 13.8 Å². The van der Waals surface area contributed by atoms with Gasteiger partial charge >= 0.3 is 0 Å². The summed E-state index contributed by atoms with van der Waals surface area (Å²) in [6, 6.07) is 72.3. The number of hydrogen-bond donors (Lipinski definition) is 0. The lowest BCUT2D eigenvalue weighted by molar-refractivity contribution is 1.04. The molecule has 0 fully saturated rings. The molecule has 2 heterocycles. The quantitative estimate of drug-likeness (QED) is 0.161. The van der Waals surface area contributed by atoms with Crippen molar-refractivity contribution in [1.82, 2.24) is 9.13 Å². The molecule has 0 aliphatic carbocycles. The summed E-state index contributed by atoms with van der Waals surface area (Å²) in [5, 5.41) is 3.76. The first-order chi connectivity index (χ1) is 27.1. The second-order valence-corrected chi connectivity index (χ2v) is 14.3. The van der Waals surface area contributed by atoms with Crippen LogP contribution in [0.3, 0.4) is 0 Å². The SMILES string of the molecule is Cc1c(C)n(-c2ccccc2)c2ccc(N(c3ccc(-c4ccccc4)cc3)c3ccc(-c4ccc5c(c4)c4ccccc4n5-c4ccccc4)cc3)cc12. The highest BCUT2D eigenvalue weighted by molar-refractivity contribution is 6.10. The lowest BCUT2D eigenvalue weighted by atomic mass is 10.0. The van der Waals surface area contributed by atoms with Gasteiger partial charge in [-0.05, 0) is 127 Å². The summed E-state index contributed by atoms with van der Waals surface area (Å²) < 4.78 is 4.74. The Hall–Kier alpha value is -7.10. The number of fused-ring (bicyclic) bond motifs is 4. The fourth-order valence-electron chi connectivity index (χ4n) is 8.30. The van der Waals surface area contributed by atoms with Crippen LogP contribution in [0.1, 0.15) is 11.3 Å². The van der Waals surface area contributed by atoms with Crippen LogP contribution in [-0.4, -0.2) is 9.13 Å². The summed E-state index contributed by atoms with van der Waals surface area (Å²) in [6.07, 6.45) is 0. The van der Waals surface area contributed by atoms with Gasteiger partial charge in [-0.3, -0.25) is 0 Å². The number of aryl methyl sites for hydroxylation is 1. The zero-order chi connectivity index (χ0) is 36.9. The van der Waals surface area contributed by atoms with E-state index in [0.29, 0.717) is 0 Å². The van der Waals surface area contributed by atoms with E-state index in [4.69, 9.17) is 0 Å². The van der Waals surface area contributed by atoms with E-state index in [1.807, 2.05) is 0 Å².